The van der Waals surface area contributed by atoms with Gasteiger partial charge in [0.25, 0.3) is 5.91 Å². The Labute approximate surface area is 170 Å². The van der Waals surface area contributed by atoms with Crippen LogP contribution in [-0.2, 0) is 19.2 Å². The quantitative estimate of drug-likeness (QED) is 0.342. The van der Waals surface area contributed by atoms with Gasteiger partial charge in [-0.3, -0.25) is 9.63 Å². The highest BCUT2D eigenvalue weighted by Gasteiger charge is 2.48. The molecule has 1 unspecified atom stereocenters. The summed E-state index contributed by atoms with van der Waals surface area (Å²) in [6.45, 7) is 2.04. The Morgan fingerprint density at radius 1 is 1.39 bits per heavy atom. The molecule has 7 nitrogen and oxygen atoms in total. The van der Waals surface area contributed by atoms with E-state index in [-0.39, 0.29) is 23.3 Å². The summed E-state index contributed by atoms with van der Waals surface area (Å²) in [5.41, 5.74) is 3.59. The molecule has 3 N–H and O–H groups in total. The number of unbranched alkanes of at least 4 members (excludes halogenated alkanes) is 2. The van der Waals surface area contributed by atoms with Gasteiger partial charge in [0, 0.05) is 27.5 Å². The Morgan fingerprint density at radius 3 is 2.86 bits per heavy atom. The van der Waals surface area contributed by atoms with E-state index in [2.05, 4.69) is 26.4 Å². The van der Waals surface area contributed by atoms with Crippen molar-refractivity contribution in [2.45, 2.75) is 38.4 Å². The van der Waals surface area contributed by atoms with E-state index < -0.39 is 11.7 Å². The molecule has 148 valence electrons. The van der Waals surface area contributed by atoms with Crippen molar-refractivity contribution < 1.29 is 24.3 Å². The van der Waals surface area contributed by atoms with E-state index in [0.29, 0.717) is 12.1 Å². The fraction of sp³-hybridized carbons (Fsp3) is 0.350. The number of hydrogen-bond acceptors (Lipinski definition) is 5. The van der Waals surface area contributed by atoms with E-state index in [1.54, 1.807) is 12.0 Å². The zero-order valence-electron chi connectivity index (χ0n) is 15.6. The van der Waals surface area contributed by atoms with Gasteiger partial charge in [0.15, 0.2) is 5.94 Å². The molecule has 0 radical (unpaired) electrons. The molecule has 28 heavy (non-hydrogen) atoms. The van der Waals surface area contributed by atoms with Crippen molar-refractivity contribution >= 4 is 44.3 Å². The second-order valence-corrected chi connectivity index (χ2v) is 7.49. The predicted molar refractivity (Wildman–Crippen MR) is 107 cm³/mol. The Morgan fingerprint density at radius 2 is 2.18 bits per heavy atom. The van der Waals surface area contributed by atoms with Gasteiger partial charge >= 0.3 is 0 Å². The molecule has 0 fully saturated rings. The number of carbonyl (C=O) groups is 1. The van der Waals surface area contributed by atoms with Crippen molar-refractivity contribution in [3.63, 3.8) is 0 Å². The number of fused-ring (bicyclic) bond motifs is 1. The van der Waals surface area contributed by atoms with Crippen LogP contribution < -0.4 is 5.48 Å². The van der Waals surface area contributed by atoms with Crippen LogP contribution in [0.15, 0.2) is 40.1 Å². The Bertz CT molecular complexity index is 990. The first-order chi connectivity index (χ1) is 13.4. The second kappa shape index (κ2) is 8.32. The standard InChI is InChI=1S/C20H21BrN2O5/c1-3-4-5-8-20(26)18(17(16(11-24)28-20)19(25)23-27-2)15-9-12-6-7-13(21)10-14(12)22-15/h6-7,9-10,22,26H,3-5,8H2,1-2H3,(H,23,25). The number of aromatic amines is 1. The van der Waals surface area contributed by atoms with Gasteiger partial charge < -0.3 is 14.8 Å². The first-order valence-electron chi connectivity index (χ1n) is 8.97. The summed E-state index contributed by atoms with van der Waals surface area (Å²) in [5.74, 6) is -1.23. The molecule has 2 heterocycles. The van der Waals surface area contributed by atoms with Crippen LogP contribution >= 0.6 is 15.9 Å². The number of hydrogen-bond donors (Lipinski definition) is 3. The lowest BCUT2D eigenvalue weighted by Crippen LogP contribution is -2.30. The predicted octanol–water partition coefficient (Wildman–Crippen LogP) is 3.38. The smallest absolute Gasteiger partial charge is 0.280 e. The highest BCUT2D eigenvalue weighted by atomic mass is 79.9. The maximum Gasteiger partial charge on any atom is 0.280 e. The summed E-state index contributed by atoms with van der Waals surface area (Å²) >= 11 is 3.42. The summed E-state index contributed by atoms with van der Waals surface area (Å²) < 4.78 is 6.42. The van der Waals surface area contributed by atoms with Gasteiger partial charge in [-0.05, 0) is 24.6 Å². The van der Waals surface area contributed by atoms with Gasteiger partial charge in [-0.1, -0.05) is 41.8 Å². The number of ether oxygens (including phenoxy) is 1. The molecule has 1 aliphatic heterocycles. The maximum absolute atomic E-state index is 12.6. The molecule has 1 aliphatic rings. The average molecular weight is 449 g/mol. The SMILES string of the molecule is CCCCCC1(O)OC(=C=O)C(C(=O)NOC)=C1c1cc2ccc(Br)cc2[nH]1. The zero-order chi connectivity index (χ0) is 20.3. The van der Waals surface area contributed by atoms with Gasteiger partial charge in [-0.2, -0.15) is 0 Å². The maximum atomic E-state index is 12.6. The number of hydroxylamine groups is 1. The molecule has 0 bridgehead atoms. The van der Waals surface area contributed by atoms with Crippen molar-refractivity contribution in [2.24, 2.45) is 0 Å². The molecule has 0 saturated heterocycles. The van der Waals surface area contributed by atoms with E-state index in [9.17, 15) is 14.7 Å². The fourth-order valence-electron chi connectivity index (χ4n) is 3.38. The van der Waals surface area contributed by atoms with Gasteiger partial charge in [-0.15, -0.1) is 0 Å². The van der Waals surface area contributed by atoms with Crippen LogP contribution in [0.2, 0.25) is 0 Å². The summed E-state index contributed by atoms with van der Waals surface area (Å²) in [6, 6.07) is 7.48. The zero-order valence-corrected chi connectivity index (χ0v) is 17.2. The van der Waals surface area contributed by atoms with Gasteiger partial charge in [0.1, 0.15) is 5.57 Å². The van der Waals surface area contributed by atoms with Crippen LogP contribution in [0, 0.1) is 0 Å². The van der Waals surface area contributed by atoms with Crippen molar-refractivity contribution in [1.82, 2.24) is 10.5 Å². The van der Waals surface area contributed by atoms with Crippen LogP contribution in [0.1, 0.15) is 38.3 Å². The fourth-order valence-corrected chi connectivity index (χ4v) is 3.74. The number of carbonyl (C=O) groups excluding carboxylic acids is 2. The number of benzene rings is 1. The highest BCUT2D eigenvalue weighted by Crippen LogP contribution is 2.45. The Hall–Kier alpha value is -2.38. The van der Waals surface area contributed by atoms with Crippen LogP contribution in [0.3, 0.4) is 0 Å². The third-order valence-corrected chi connectivity index (χ3v) is 5.12. The topological polar surface area (TPSA) is 101 Å². The van der Waals surface area contributed by atoms with E-state index in [1.807, 2.05) is 25.1 Å². The Balaban J connectivity index is 2.19. The van der Waals surface area contributed by atoms with Gasteiger partial charge in [0.05, 0.1) is 12.7 Å². The summed E-state index contributed by atoms with van der Waals surface area (Å²) in [6.07, 6.45) is 2.71. The first kappa shape index (κ1) is 20.4. The lowest BCUT2D eigenvalue weighted by Gasteiger charge is -2.25. The van der Waals surface area contributed by atoms with E-state index in [4.69, 9.17) is 9.57 Å². The number of H-pyrrole nitrogens is 1. The monoisotopic (exact) mass is 448 g/mol. The number of halogens is 1. The van der Waals surface area contributed by atoms with Crippen LogP contribution in [0.5, 0.6) is 0 Å². The molecule has 8 heteroatoms. The van der Waals surface area contributed by atoms with Crippen molar-refractivity contribution in [2.75, 3.05) is 7.11 Å². The number of aliphatic hydroxyl groups is 1. The second-order valence-electron chi connectivity index (χ2n) is 6.57. The first-order valence-corrected chi connectivity index (χ1v) is 9.76. The molecule has 1 atom stereocenters. The molecule has 0 spiro atoms. The molecule has 1 amide bonds. The molecular formula is C20H21BrN2O5. The van der Waals surface area contributed by atoms with Gasteiger partial charge in [0.2, 0.25) is 11.5 Å². The van der Waals surface area contributed by atoms with Crippen molar-refractivity contribution in [3.8, 4) is 0 Å². The minimum Gasteiger partial charge on any atom is -0.446 e. The van der Waals surface area contributed by atoms with Crippen molar-refractivity contribution in [3.05, 3.63) is 45.8 Å². The summed E-state index contributed by atoms with van der Waals surface area (Å²) in [7, 11) is 1.28. The molecule has 0 aliphatic carbocycles. The summed E-state index contributed by atoms with van der Waals surface area (Å²) in [4.78, 5) is 32.0. The van der Waals surface area contributed by atoms with Crippen LogP contribution in [0.4, 0.5) is 0 Å². The molecular weight excluding hydrogens is 428 g/mol. The number of amides is 1. The number of rotatable bonds is 7. The molecule has 1 aromatic carbocycles. The normalized spacial score (nSPS) is 19.1. The van der Waals surface area contributed by atoms with E-state index in [1.165, 1.54) is 7.11 Å². The van der Waals surface area contributed by atoms with Crippen molar-refractivity contribution in [1.29, 1.82) is 0 Å². The third kappa shape index (κ3) is 3.77. The minimum absolute atomic E-state index is 0.0959. The molecule has 2 aromatic rings. The Kier molecular flexibility index (Phi) is 6.05. The highest BCUT2D eigenvalue weighted by molar-refractivity contribution is 9.10. The molecule has 1 aromatic heterocycles. The minimum atomic E-state index is -1.82. The number of nitrogens with one attached hydrogen (secondary N) is 2. The van der Waals surface area contributed by atoms with E-state index >= 15 is 0 Å². The molecule has 3 rings (SSSR count). The lowest BCUT2D eigenvalue weighted by atomic mass is 9.93. The molecule has 0 saturated carbocycles. The van der Waals surface area contributed by atoms with E-state index in [0.717, 1.165) is 28.2 Å². The van der Waals surface area contributed by atoms with Gasteiger partial charge in [-0.25, -0.2) is 10.3 Å². The lowest BCUT2D eigenvalue weighted by molar-refractivity contribution is -0.128. The third-order valence-electron chi connectivity index (χ3n) is 4.63. The van der Waals surface area contributed by atoms with Crippen LogP contribution in [-0.4, -0.2) is 34.8 Å². The number of aromatic nitrogens is 1. The average Bonchev–Trinajstić information content (AvgIpc) is 3.19. The summed E-state index contributed by atoms with van der Waals surface area (Å²) in [5, 5.41) is 12.2. The largest absolute Gasteiger partial charge is 0.446 e. The van der Waals surface area contributed by atoms with Crippen LogP contribution in [0.25, 0.3) is 16.5 Å².